The van der Waals surface area contributed by atoms with Crippen LogP contribution in [0.1, 0.15) is 25.5 Å². The molecule has 1 heterocycles. The minimum atomic E-state index is -1.12. The summed E-state index contributed by atoms with van der Waals surface area (Å²) in [5.74, 6) is -1.12. The molecule has 0 aliphatic rings. The van der Waals surface area contributed by atoms with Crippen LogP contribution in [0.3, 0.4) is 0 Å². The molecule has 0 aliphatic carbocycles. The van der Waals surface area contributed by atoms with Crippen LogP contribution in [0.2, 0.25) is 0 Å². The van der Waals surface area contributed by atoms with Crippen LogP contribution in [0.5, 0.6) is 0 Å². The van der Waals surface area contributed by atoms with Gasteiger partial charge in [-0.2, -0.15) is 5.10 Å². The predicted octanol–water partition coefficient (Wildman–Crippen LogP) is 0.596. The summed E-state index contributed by atoms with van der Waals surface area (Å²) < 4.78 is 1.49. The second kappa shape index (κ2) is 5.52. The van der Waals surface area contributed by atoms with Crippen molar-refractivity contribution in [3.05, 3.63) is 18.0 Å². The van der Waals surface area contributed by atoms with Crippen molar-refractivity contribution in [3.63, 3.8) is 0 Å². The van der Waals surface area contributed by atoms with Crippen molar-refractivity contribution in [2.24, 2.45) is 7.05 Å². The number of nitrogens with zero attached hydrogens (tertiary/aromatic N) is 3. The van der Waals surface area contributed by atoms with Crippen molar-refractivity contribution in [3.8, 4) is 0 Å². The van der Waals surface area contributed by atoms with E-state index in [1.807, 2.05) is 13.8 Å². The van der Waals surface area contributed by atoms with E-state index < -0.39 is 18.0 Å². The molecule has 1 aromatic rings. The first-order valence-corrected chi connectivity index (χ1v) is 5.57. The third-order valence-electron chi connectivity index (χ3n) is 2.67. The Kier molecular flexibility index (Phi) is 4.30. The van der Waals surface area contributed by atoms with Gasteiger partial charge in [-0.3, -0.25) is 4.68 Å². The minimum absolute atomic E-state index is 0.00616. The Labute approximate surface area is 105 Å². The number of amides is 2. The third kappa shape index (κ3) is 3.22. The third-order valence-corrected chi connectivity index (χ3v) is 2.67. The van der Waals surface area contributed by atoms with Crippen LogP contribution in [-0.4, -0.2) is 44.9 Å². The molecule has 0 aromatic carbocycles. The van der Waals surface area contributed by atoms with E-state index in [1.54, 1.807) is 20.3 Å². The predicted molar refractivity (Wildman–Crippen MR) is 65.0 cm³/mol. The summed E-state index contributed by atoms with van der Waals surface area (Å²) in [6.07, 6.45) is 2.99. The summed E-state index contributed by atoms with van der Waals surface area (Å²) in [4.78, 5) is 24.4. The van der Waals surface area contributed by atoms with Crippen molar-refractivity contribution in [2.45, 2.75) is 25.9 Å². The van der Waals surface area contributed by atoms with Gasteiger partial charge < -0.3 is 15.3 Å². The number of hydrogen-bond donors (Lipinski definition) is 2. The van der Waals surface area contributed by atoms with E-state index in [9.17, 15) is 9.59 Å². The molecule has 0 saturated carbocycles. The zero-order chi connectivity index (χ0) is 13.9. The highest BCUT2D eigenvalue weighted by molar-refractivity contribution is 5.83. The highest BCUT2D eigenvalue weighted by Crippen LogP contribution is 2.12. The normalized spacial score (nSPS) is 12.3. The number of aromatic nitrogens is 2. The van der Waals surface area contributed by atoms with E-state index in [-0.39, 0.29) is 6.04 Å². The highest BCUT2D eigenvalue weighted by atomic mass is 16.4. The van der Waals surface area contributed by atoms with E-state index in [0.717, 1.165) is 0 Å². The molecule has 2 amide bonds. The van der Waals surface area contributed by atoms with Crippen molar-refractivity contribution < 1.29 is 14.7 Å². The molecule has 0 saturated heterocycles. The van der Waals surface area contributed by atoms with Gasteiger partial charge in [-0.25, -0.2) is 9.59 Å². The summed E-state index contributed by atoms with van der Waals surface area (Å²) in [6, 6.07) is -1.53. The molecule has 1 aromatic heterocycles. The van der Waals surface area contributed by atoms with Crippen LogP contribution in [0, 0.1) is 0 Å². The Morgan fingerprint density at radius 2 is 2.11 bits per heavy atom. The van der Waals surface area contributed by atoms with Crippen molar-refractivity contribution >= 4 is 12.0 Å². The number of aryl methyl sites for hydroxylation is 1. The number of hydrogen-bond acceptors (Lipinski definition) is 3. The quantitative estimate of drug-likeness (QED) is 0.823. The topological polar surface area (TPSA) is 87.5 Å². The van der Waals surface area contributed by atoms with Crippen LogP contribution in [0.4, 0.5) is 4.79 Å². The molecule has 18 heavy (non-hydrogen) atoms. The highest BCUT2D eigenvalue weighted by Gasteiger charge is 2.25. The molecule has 0 bridgehead atoms. The van der Waals surface area contributed by atoms with Crippen LogP contribution in [0.15, 0.2) is 12.4 Å². The molecular weight excluding hydrogens is 236 g/mol. The number of carboxylic acids is 1. The lowest BCUT2D eigenvalue weighted by molar-refractivity contribution is -0.139. The number of rotatable bonds is 4. The number of carbonyl (C=O) groups excluding carboxylic acids is 1. The van der Waals surface area contributed by atoms with Crippen LogP contribution < -0.4 is 5.32 Å². The number of carboxylic acid groups (broad SMARTS) is 1. The first-order chi connectivity index (χ1) is 8.32. The standard InChI is InChI=1S/C11H18N4O3/c1-7(2)15(4)11(18)13-9(10(16)17)8-5-12-14(3)6-8/h5-7,9H,1-4H3,(H,13,18)(H,16,17). The average Bonchev–Trinajstić information content (AvgIpc) is 2.70. The molecule has 7 nitrogen and oxygen atoms in total. The molecule has 0 radical (unpaired) electrons. The summed E-state index contributed by atoms with van der Waals surface area (Å²) in [5, 5.41) is 15.5. The minimum Gasteiger partial charge on any atom is -0.479 e. The van der Waals surface area contributed by atoms with Crippen LogP contribution in [-0.2, 0) is 11.8 Å². The van der Waals surface area contributed by atoms with Crippen molar-refractivity contribution in [1.82, 2.24) is 20.0 Å². The number of carbonyl (C=O) groups is 2. The molecule has 0 spiro atoms. The molecule has 1 unspecified atom stereocenters. The van der Waals surface area contributed by atoms with Gasteiger partial charge >= 0.3 is 12.0 Å². The van der Waals surface area contributed by atoms with E-state index >= 15 is 0 Å². The fraction of sp³-hybridized carbons (Fsp3) is 0.545. The Hall–Kier alpha value is -2.05. The Bertz CT molecular complexity index is 441. The molecular formula is C11H18N4O3. The second-order valence-corrected chi connectivity index (χ2v) is 4.37. The molecule has 2 N–H and O–H groups in total. The van der Waals surface area contributed by atoms with Crippen molar-refractivity contribution in [1.29, 1.82) is 0 Å². The Morgan fingerprint density at radius 1 is 1.50 bits per heavy atom. The van der Waals surface area contributed by atoms with E-state index in [1.165, 1.54) is 15.8 Å². The largest absolute Gasteiger partial charge is 0.479 e. The summed E-state index contributed by atoms with van der Waals surface area (Å²) in [7, 11) is 3.30. The van der Waals surface area contributed by atoms with E-state index in [2.05, 4.69) is 10.4 Å². The fourth-order valence-electron chi connectivity index (χ4n) is 1.34. The Morgan fingerprint density at radius 3 is 2.50 bits per heavy atom. The number of nitrogens with one attached hydrogen (secondary N) is 1. The fourth-order valence-corrected chi connectivity index (χ4v) is 1.34. The summed E-state index contributed by atoms with van der Waals surface area (Å²) in [6.45, 7) is 3.69. The lowest BCUT2D eigenvalue weighted by Crippen LogP contribution is -2.44. The average molecular weight is 254 g/mol. The Balaban J connectivity index is 2.82. The van der Waals surface area contributed by atoms with Gasteiger partial charge in [0.25, 0.3) is 0 Å². The van der Waals surface area contributed by atoms with Gasteiger partial charge in [0.1, 0.15) is 0 Å². The molecule has 100 valence electrons. The molecule has 7 heteroatoms. The lowest BCUT2D eigenvalue weighted by atomic mass is 10.1. The zero-order valence-electron chi connectivity index (χ0n) is 10.9. The first-order valence-electron chi connectivity index (χ1n) is 5.57. The maximum Gasteiger partial charge on any atom is 0.331 e. The molecule has 1 atom stereocenters. The molecule has 0 aliphatic heterocycles. The number of aliphatic carboxylic acids is 1. The lowest BCUT2D eigenvalue weighted by Gasteiger charge is -2.24. The first kappa shape index (κ1) is 14.0. The van der Waals surface area contributed by atoms with E-state index in [0.29, 0.717) is 5.56 Å². The number of urea groups is 1. The van der Waals surface area contributed by atoms with Gasteiger partial charge in [0.15, 0.2) is 6.04 Å². The van der Waals surface area contributed by atoms with Crippen LogP contribution >= 0.6 is 0 Å². The maximum atomic E-state index is 11.8. The zero-order valence-corrected chi connectivity index (χ0v) is 10.9. The molecule has 0 fully saturated rings. The van der Waals surface area contributed by atoms with Gasteiger partial charge in [-0.1, -0.05) is 0 Å². The van der Waals surface area contributed by atoms with Gasteiger partial charge in [0.05, 0.1) is 6.20 Å². The van der Waals surface area contributed by atoms with Gasteiger partial charge in [-0.05, 0) is 13.8 Å². The van der Waals surface area contributed by atoms with Gasteiger partial charge in [0, 0.05) is 31.9 Å². The second-order valence-electron chi connectivity index (χ2n) is 4.37. The van der Waals surface area contributed by atoms with Crippen LogP contribution in [0.25, 0.3) is 0 Å². The van der Waals surface area contributed by atoms with E-state index in [4.69, 9.17) is 5.11 Å². The summed E-state index contributed by atoms with van der Waals surface area (Å²) >= 11 is 0. The monoisotopic (exact) mass is 254 g/mol. The molecule has 1 rings (SSSR count). The summed E-state index contributed by atoms with van der Waals surface area (Å²) in [5.41, 5.74) is 0.440. The van der Waals surface area contributed by atoms with Gasteiger partial charge in [0.2, 0.25) is 0 Å². The maximum absolute atomic E-state index is 11.8. The van der Waals surface area contributed by atoms with Gasteiger partial charge in [-0.15, -0.1) is 0 Å². The smallest absolute Gasteiger partial charge is 0.331 e. The SMILES string of the molecule is CC(C)N(C)C(=O)NC(C(=O)O)c1cnn(C)c1. The van der Waals surface area contributed by atoms with Crippen molar-refractivity contribution in [2.75, 3.05) is 7.05 Å².